The molecule has 0 aromatic carbocycles. The van der Waals surface area contributed by atoms with Gasteiger partial charge in [-0.25, -0.2) is 0 Å². The number of ether oxygens (including phenoxy) is 2. The number of hydrogen-bond acceptors (Lipinski definition) is 4. The second-order valence-corrected chi connectivity index (χ2v) is 6.06. The number of nitrogens with one attached hydrogen (secondary N) is 1. The van der Waals surface area contributed by atoms with Crippen LogP contribution in [0, 0.1) is 5.41 Å². The van der Waals surface area contributed by atoms with Crippen molar-refractivity contribution >= 4 is 0 Å². The van der Waals surface area contributed by atoms with E-state index in [0.29, 0.717) is 13.2 Å². The second-order valence-electron chi connectivity index (χ2n) is 6.06. The molecule has 3 N–H and O–H groups in total. The summed E-state index contributed by atoms with van der Waals surface area (Å²) < 4.78 is 11.6. The summed E-state index contributed by atoms with van der Waals surface area (Å²) in [7, 11) is 0. The van der Waals surface area contributed by atoms with E-state index in [1.165, 1.54) is 0 Å². The molecule has 0 aromatic heterocycles. The van der Waals surface area contributed by atoms with Gasteiger partial charge >= 0.3 is 0 Å². The molecule has 0 radical (unpaired) electrons. The number of hydrogen-bond donors (Lipinski definition) is 2. The molecule has 4 heteroatoms. The van der Waals surface area contributed by atoms with Crippen LogP contribution < -0.4 is 11.1 Å². The van der Waals surface area contributed by atoms with E-state index in [1.54, 1.807) is 0 Å². The molecule has 1 aliphatic heterocycles. The third kappa shape index (κ3) is 3.98. The highest BCUT2D eigenvalue weighted by molar-refractivity contribution is 5.08. The Balaban J connectivity index is 2.67. The van der Waals surface area contributed by atoms with Gasteiger partial charge in [0, 0.05) is 23.7 Å². The Hall–Kier alpha value is -0.580. The lowest BCUT2D eigenvalue weighted by Gasteiger charge is -2.46. The summed E-state index contributed by atoms with van der Waals surface area (Å²) in [5, 5.41) is 3.25. The molecular formula is C13H26N2O2. The molecule has 2 atom stereocenters. The van der Waals surface area contributed by atoms with E-state index < -0.39 is 5.79 Å². The van der Waals surface area contributed by atoms with Crippen molar-refractivity contribution in [3.05, 3.63) is 12.3 Å². The van der Waals surface area contributed by atoms with Crippen molar-refractivity contribution in [2.75, 3.05) is 13.2 Å². The molecule has 1 saturated heterocycles. The van der Waals surface area contributed by atoms with Crippen LogP contribution in [0.25, 0.3) is 0 Å². The normalized spacial score (nSPS) is 28.5. The summed E-state index contributed by atoms with van der Waals surface area (Å²) in [4.78, 5) is 0. The van der Waals surface area contributed by atoms with Crippen molar-refractivity contribution in [1.82, 2.24) is 5.32 Å². The highest BCUT2D eigenvalue weighted by Gasteiger charge is 2.43. The van der Waals surface area contributed by atoms with Crippen molar-refractivity contribution in [3.63, 3.8) is 0 Å². The maximum atomic E-state index is 5.96. The predicted molar refractivity (Wildman–Crippen MR) is 69.5 cm³/mol. The van der Waals surface area contributed by atoms with Gasteiger partial charge in [-0.1, -0.05) is 20.4 Å². The largest absolute Gasteiger partial charge is 0.385 e. The zero-order valence-electron chi connectivity index (χ0n) is 11.7. The first-order valence-corrected chi connectivity index (χ1v) is 6.14. The van der Waals surface area contributed by atoms with E-state index in [-0.39, 0.29) is 17.6 Å². The van der Waals surface area contributed by atoms with Crippen molar-refractivity contribution in [3.8, 4) is 0 Å². The molecule has 4 nitrogen and oxygen atoms in total. The van der Waals surface area contributed by atoms with Gasteiger partial charge in [0.1, 0.15) is 6.10 Å². The fourth-order valence-corrected chi connectivity index (χ4v) is 1.84. The minimum atomic E-state index is -0.556. The Bertz CT molecular complexity index is 285. The molecule has 1 aliphatic rings. The van der Waals surface area contributed by atoms with Crippen LogP contribution in [-0.4, -0.2) is 31.1 Å². The molecule has 0 spiro atoms. The molecule has 100 valence electrons. The van der Waals surface area contributed by atoms with Crippen LogP contribution in [-0.2, 0) is 9.47 Å². The van der Waals surface area contributed by atoms with Gasteiger partial charge in [-0.05, 0) is 20.8 Å². The highest BCUT2D eigenvalue weighted by atomic mass is 16.7. The van der Waals surface area contributed by atoms with Crippen LogP contribution in [0.3, 0.4) is 0 Å². The second kappa shape index (κ2) is 4.96. The van der Waals surface area contributed by atoms with Gasteiger partial charge in [-0.15, -0.1) is 0 Å². The SMILES string of the molecule is C=C(NC[C@H](C)N)[C@@H]1OC(C)(C)OCC1(C)C. The van der Waals surface area contributed by atoms with Gasteiger partial charge in [0.25, 0.3) is 0 Å². The van der Waals surface area contributed by atoms with Crippen LogP contribution in [0.4, 0.5) is 0 Å². The first-order chi connectivity index (χ1) is 7.64. The van der Waals surface area contributed by atoms with E-state index in [1.807, 2.05) is 20.8 Å². The van der Waals surface area contributed by atoms with Gasteiger partial charge in [0.05, 0.1) is 6.61 Å². The summed E-state index contributed by atoms with van der Waals surface area (Å²) in [5.74, 6) is -0.556. The zero-order chi connectivity index (χ0) is 13.3. The third-order valence-corrected chi connectivity index (χ3v) is 2.87. The van der Waals surface area contributed by atoms with Gasteiger partial charge in [-0.3, -0.25) is 0 Å². The summed E-state index contributed by atoms with van der Waals surface area (Å²) in [6.45, 7) is 15.5. The van der Waals surface area contributed by atoms with Crippen molar-refractivity contribution in [2.24, 2.45) is 11.1 Å². The first kappa shape index (κ1) is 14.5. The summed E-state index contributed by atoms with van der Waals surface area (Å²) >= 11 is 0. The van der Waals surface area contributed by atoms with Crippen LogP contribution in [0.1, 0.15) is 34.6 Å². The van der Waals surface area contributed by atoms with Crippen LogP contribution >= 0.6 is 0 Å². The topological polar surface area (TPSA) is 56.5 Å². The summed E-state index contributed by atoms with van der Waals surface area (Å²) in [6.07, 6.45) is -0.0648. The van der Waals surface area contributed by atoms with E-state index in [2.05, 4.69) is 25.7 Å². The van der Waals surface area contributed by atoms with Crippen LogP contribution in [0.15, 0.2) is 12.3 Å². The maximum absolute atomic E-state index is 5.96. The Morgan fingerprint density at radius 3 is 2.59 bits per heavy atom. The third-order valence-electron chi connectivity index (χ3n) is 2.87. The average molecular weight is 242 g/mol. The Kier molecular flexibility index (Phi) is 4.23. The van der Waals surface area contributed by atoms with Crippen molar-refractivity contribution in [1.29, 1.82) is 0 Å². The van der Waals surface area contributed by atoms with E-state index in [4.69, 9.17) is 15.2 Å². The predicted octanol–water partition coefficient (Wildman–Crippen LogP) is 1.61. The van der Waals surface area contributed by atoms with Crippen LogP contribution in [0.2, 0.25) is 0 Å². The molecule has 1 rings (SSSR count). The van der Waals surface area contributed by atoms with Crippen molar-refractivity contribution < 1.29 is 9.47 Å². The van der Waals surface area contributed by atoms with E-state index in [0.717, 1.165) is 5.70 Å². The lowest BCUT2D eigenvalue weighted by Crippen LogP contribution is -2.53. The smallest absolute Gasteiger partial charge is 0.163 e. The quantitative estimate of drug-likeness (QED) is 0.786. The molecule has 0 bridgehead atoms. The van der Waals surface area contributed by atoms with Gasteiger partial charge in [0.15, 0.2) is 5.79 Å². The Morgan fingerprint density at radius 2 is 2.06 bits per heavy atom. The fourth-order valence-electron chi connectivity index (χ4n) is 1.84. The molecule has 0 unspecified atom stereocenters. The van der Waals surface area contributed by atoms with Gasteiger partial charge in [-0.2, -0.15) is 0 Å². The van der Waals surface area contributed by atoms with E-state index in [9.17, 15) is 0 Å². The molecule has 1 fully saturated rings. The Labute approximate surface area is 105 Å². The minimum absolute atomic E-state index is 0.0648. The van der Waals surface area contributed by atoms with Gasteiger partial charge < -0.3 is 20.5 Å². The standard InChI is InChI=1S/C13H26N2O2/c1-9(14)7-15-10(2)11-12(3,4)8-16-13(5,6)17-11/h9,11,15H,2,7-8,14H2,1,3-6H3/t9-,11-/m0/s1. The molecular weight excluding hydrogens is 216 g/mol. The molecule has 0 amide bonds. The monoisotopic (exact) mass is 242 g/mol. The maximum Gasteiger partial charge on any atom is 0.163 e. The summed E-state index contributed by atoms with van der Waals surface area (Å²) in [5.41, 5.74) is 6.51. The first-order valence-electron chi connectivity index (χ1n) is 6.14. The highest BCUT2D eigenvalue weighted by Crippen LogP contribution is 2.37. The molecule has 17 heavy (non-hydrogen) atoms. The lowest BCUT2D eigenvalue weighted by atomic mass is 9.84. The summed E-state index contributed by atoms with van der Waals surface area (Å²) in [6, 6.07) is 0.0997. The molecule has 0 aromatic rings. The van der Waals surface area contributed by atoms with Gasteiger partial charge in [0.2, 0.25) is 0 Å². The van der Waals surface area contributed by atoms with E-state index >= 15 is 0 Å². The molecule has 0 saturated carbocycles. The van der Waals surface area contributed by atoms with Crippen molar-refractivity contribution in [2.45, 2.75) is 52.6 Å². The lowest BCUT2D eigenvalue weighted by molar-refractivity contribution is -0.303. The molecule has 0 aliphatic carbocycles. The number of rotatable bonds is 4. The number of nitrogens with two attached hydrogens (primary N) is 1. The average Bonchev–Trinajstić information content (AvgIpc) is 2.19. The van der Waals surface area contributed by atoms with Crippen LogP contribution in [0.5, 0.6) is 0 Å². The fraction of sp³-hybridized carbons (Fsp3) is 0.846. The Morgan fingerprint density at radius 1 is 1.47 bits per heavy atom. The zero-order valence-corrected chi connectivity index (χ0v) is 11.7. The molecule has 1 heterocycles. The minimum Gasteiger partial charge on any atom is -0.385 e.